The average molecular weight is 546 g/mol. The monoisotopic (exact) mass is 545 g/mol. The first-order chi connectivity index (χ1) is 18.3. The minimum Gasteiger partial charge on any atom is -0.504 e. The molecule has 0 saturated heterocycles. The molecule has 0 saturated carbocycles. The first-order valence-electron chi connectivity index (χ1n) is 13.2. The third kappa shape index (κ3) is 7.32. The Kier molecular flexibility index (Phi) is 9.66. The first-order valence-corrected chi connectivity index (χ1v) is 13.2. The fourth-order valence-corrected chi connectivity index (χ4v) is 4.73. The molecular formula is C29H39NO9. The van der Waals surface area contributed by atoms with E-state index in [0.29, 0.717) is 12.8 Å². The molecule has 1 aromatic rings. The van der Waals surface area contributed by atoms with Crippen LogP contribution in [-0.2, 0) is 25.6 Å². The van der Waals surface area contributed by atoms with E-state index < -0.39 is 47.1 Å². The van der Waals surface area contributed by atoms with Crippen LogP contribution in [0.25, 0.3) is 0 Å². The largest absolute Gasteiger partial charge is 0.504 e. The molecule has 2 atom stereocenters. The number of nitrogens with zero attached hydrogens (tertiary/aromatic N) is 1. The normalized spacial score (nSPS) is 23.9. The highest BCUT2D eigenvalue weighted by Crippen LogP contribution is 2.45. The molecule has 2 heterocycles. The Morgan fingerprint density at radius 3 is 2.51 bits per heavy atom. The van der Waals surface area contributed by atoms with Crippen LogP contribution in [-0.4, -0.2) is 69.5 Å². The minimum atomic E-state index is -1.37. The lowest BCUT2D eigenvalue weighted by Crippen LogP contribution is -2.47. The number of cyclic esters (lactones) is 1. The van der Waals surface area contributed by atoms with Crippen molar-refractivity contribution in [2.24, 2.45) is 0 Å². The minimum absolute atomic E-state index is 0.0224. The molecule has 10 heteroatoms. The lowest BCUT2D eigenvalue weighted by Gasteiger charge is -2.33. The molecule has 0 fully saturated rings. The summed E-state index contributed by atoms with van der Waals surface area (Å²) in [5.41, 5.74) is 0.998. The number of fused-ring (bicyclic) bond motifs is 2. The Balaban J connectivity index is 2.04. The van der Waals surface area contributed by atoms with Gasteiger partial charge in [-0.1, -0.05) is 17.2 Å². The van der Waals surface area contributed by atoms with Crippen LogP contribution in [0.4, 0.5) is 0 Å². The summed E-state index contributed by atoms with van der Waals surface area (Å²) >= 11 is 0. The summed E-state index contributed by atoms with van der Waals surface area (Å²) in [7, 11) is 1.22. The van der Waals surface area contributed by atoms with Crippen LogP contribution in [0, 0.1) is 0 Å². The van der Waals surface area contributed by atoms with E-state index >= 15 is 0 Å². The van der Waals surface area contributed by atoms with Gasteiger partial charge in [-0.25, -0.2) is 4.79 Å². The molecule has 214 valence electrons. The number of carbonyl (C=O) groups is 3. The number of allylic oxidation sites excluding steroid dienone is 3. The van der Waals surface area contributed by atoms with Gasteiger partial charge in [-0.2, -0.15) is 0 Å². The summed E-state index contributed by atoms with van der Waals surface area (Å²) in [6.45, 7) is 6.99. The fourth-order valence-electron chi connectivity index (χ4n) is 4.73. The smallest absolute Gasteiger partial charge is 0.329 e. The third-order valence-electron chi connectivity index (χ3n) is 7.20. The molecule has 10 nitrogen and oxygen atoms in total. The number of methoxy groups -OCH3 is 1. The van der Waals surface area contributed by atoms with Crippen LogP contribution in [0.5, 0.6) is 17.2 Å². The number of aromatic hydroxyl groups is 2. The number of hydrogen-bond donors (Lipinski definition) is 3. The van der Waals surface area contributed by atoms with Crippen molar-refractivity contribution in [3.8, 4) is 17.2 Å². The van der Waals surface area contributed by atoms with Crippen LogP contribution in [0.1, 0.15) is 82.1 Å². The number of ether oxygens (including phenoxy) is 3. The molecule has 0 radical (unpaired) electrons. The lowest BCUT2D eigenvalue weighted by molar-refractivity contribution is -0.168. The first kappa shape index (κ1) is 30.0. The number of esters is 2. The zero-order valence-corrected chi connectivity index (χ0v) is 23.3. The van der Waals surface area contributed by atoms with Gasteiger partial charge in [0.1, 0.15) is 18.8 Å². The number of rotatable bonds is 4. The molecule has 3 N–H and O–H groups in total. The molecule has 0 spiro atoms. The maximum Gasteiger partial charge on any atom is 0.329 e. The van der Waals surface area contributed by atoms with E-state index in [1.54, 1.807) is 13.8 Å². The SMILES string of the molecule is COC(=O)CC[C@H]1C(=O)O[C@@H](C(C)(C)O)CC/C(C)=C\CC/C(C)=C\COc2c(O)cc3c(c2O)CN1C3=O. The molecule has 39 heavy (non-hydrogen) atoms. The average Bonchev–Trinajstić information content (AvgIpc) is 3.18. The van der Waals surface area contributed by atoms with Gasteiger partial charge in [0.25, 0.3) is 5.91 Å². The second-order valence-corrected chi connectivity index (χ2v) is 10.7. The predicted octanol–water partition coefficient (Wildman–Crippen LogP) is 3.90. The zero-order valence-electron chi connectivity index (χ0n) is 23.3. The summed E-state index contributed by atoms with van der Waals surface area (Å²) in [4.78, 5) is 40.0. The number of aliphatic hydroxyl groups is 1. The number of hydrogen-bond acceptors (Lipinski definition) is 9. The summed E-state index contributed by atoms with van der Waals surface area (Å²) in [5.74, 6) is -2.92. The highest BCUT2D eigenvalue weighted by Gasteiger charge is 2.42. The Labute approximate surface area is 228 Å². The van der Waals surface area contributed by atoms with Crippen molar-refractivity contribution >= 4 is 17.8 Å². The topological polar surface area (TPSA) is 143 Å². The van der Waals surface area contributed by atoms with Crippen LogP contribution in [0.15, 0.2) is 29.4 Å². The molecule has 1 amide bonds. The Morgan fingerprint density at radius 1 is 1.15 bits per heavy atom. The molecule has 0 aromatic heterocycles. The molecule has 2 aliphatic heterocycles. The molecule has 0 unspecified atom stereocenters. The molecule has 1 aromatic carbocycles. The summed E-state index contributed by atoms with van der Waals surface area (Å²) in [6.07, 6.45) is 5.32. The summed E-state index contributed by atoms with van der Waals surface area (Å²) in [5, 5.41) is 32.2. The standard InChI is InChI=1S/C29H39NO9/c1-17-7-6-8-18(2)13-14-38-26-22(31)15-19-20(25(26)33)16-30(27(19)34)21(10-12-24(32)37-5)28(35)39-23(11-9-17)29(3,4)36/h7,13,15,21,23,31,33,36H,6,8-12,14,16H2,1-5H3/b17-7-,18-13-/t21-,23+/m0/s1. The zero-order chi connectivity index (χ0) is 28.9. The van der Waals surface area contributed by atoms with Crippen molar-refractivity contribution in [1.82, 2.24) is 4.90 Å². The van der Waals surface area contributed by atoms with E-state index in [-0.39, 0.29) is 42.9 Å². The van der Waals surface area contributed by atoms with Crippen LogP contribution in [0.3, 0.4) is 0 Å². The lowest BCUT2D eigenvalue weighted by atomic mass is 9.95. The number of phenolic OH excluding ortho intramolecular Hbond substituents is 2. The highest BCUT2D eigenvalue weighted by atomic mass is 16.6. The van der Waals surface area contributed by atoms with Gasteiger partial charge in [0.05, 0.1) is 24.8 Å². The maximum atomic E-state index is 13.5. The van der Waals surface area contributed by atoms with Crippen molar-refractivity contribution in [2.75, 3.05) is 13.7 Å². The van der Waals surface area contributed by atoms with Gasteiger partial charge in [-0.15, -0.1) is 0 Å². The number of amides is 1. The maximum absolute atomic E-state index is 13.5. The van der Waals surface area contributed by atoms with E-state index in [1.807, 2.05) is 19.9 Å². The van der Waals surface area contributed by atoms with E-state index in [9.17, 15) is 29.7 Å². The van der Waals surface area contributed by atoms with Crippen LogP contribution >= 0.6 is 0 Å². The fraction of sp³-hybridized carbons (Fsp3) is 0.552. The van der Waals surface area contributed by atoms with E-state index in [1.165, 1.54) is 18.1 Å². The van der Waals surface area contributed by atoms with Gasteiger partial charge in [0.15, 0.2) is 11.5 Å². The van der Waals surface area contributed by atoms with Crippen molar-refractivity contribution in [3.63, 3.8) is 0 Å². The quantitative estimate of drug-likeness (QED) is 0.379. The van der Waals surface area contributed by atoms with Gasteiger partial charge in [-0.05, 0) is 71.9 Å². The highest BCUT2D eigenvalue weighted by molar-refractivity contribution is 6.02. The van der Waals surface area contributed by atoms with Gasteiger partial charge < -0.3 is 34.4 Å². The molecule has 3 bridgehead atoms. The van der Waals surface area contributed by atoms with Crippen molar-refractivity contribution in [3.05, 3.63) is 40.5 Å². The third-order valence-corrected chi connectivity index (χ3v) is 7.20. The second-order valence-electron chi connectivity index (χ2n) is 10.7. The molecule has 0 aliphatic carbocycles. The molecular weight excluding hydrogens is 506 g/mol. The van der Waals surface area contributed by atoms with Gasteiger partial charge >= 0.3 is 11.9 Å². The van der Waals surface area contributed by atoms with Crippen molar-refractivity contribution < 1.29 is 43.9 Å². The number of phenols is 2. The van der Waals surface area contributed by atoms with Crippen LogP contribution in [0.2, 0.25) is 0 Å². The number of benzene rings is 1. The van der Waals surface area contributed by atoms with Crippen molar-refractivity contribution in [2.45, 2.75) is 90.5 Å². The van der Waals surface area contributed by atoms with E-state index in [4.69, 9.17) is 14.2 Å². The number of carbonyl (C=O) groups excluding carboxylic acids is 3. The van der Waals surface area contributed by atoms with Crippen LogP contribution < -0.4 is 4.74 Å². The van der Waals surface area contributed by atoms with Gasteiger partial charge in [-0.3, -0.25) is 9.59 Å². The van der Waals surface area contributed by atoms with Crippen molar-refractivity contribution in [1.29, 1.82) is 0 Å². The van der Waals surface area contributed by atoms with E-state index in [2.05, 4.69) is 6.08 Å². The van der Waals surface area contributed by atoms with Gasteiger partial charge in [0, 0.05) is 12.0 Å². The van der Waals surface area contributed by atoms with E-state index in [0.717, 1.165) is 24.0 Å². The summed E-state index contributed by atoms with van der Waals surface area (Å²) < 4.78 is 16.2. The Hall–Kier alpha value is -3.53. The van der Waals surface area contributed by atoms with Gasteiger partial charge in [0.2, 0.25) is 5.75 Å². The molecule has 2 aliphatic rings. The Morgan fingerprint density at radius 2 is 1.85 bits per heavy atom. The molecule has 3 rings (SSSR count). The Bertz CT molecular complexity index is 1160. The summed E-state index contributed by atoms with van der Waals surface area (Å²) in [6, 6.07) is 0.00132. The second kappa shape index (κ2) is 12.5. The predicted molar refractivity (Wildman–Crippen MR) is 142 cm³/mol.